The van der Waals surface area contributed by atoms with E-state index in [2.05, 4.69) is 11.4 Å². The Labute approximate surface area is 175 Å². The quantitative estimate of drug-likeness (QED) is 0.676. The van der Waals surface area contributed by atoms with Crippen molar-refractivity contribution < 1.29 is 17.6 Å². The van der Waals surface area contributed by atoms with E-state index in [-0.39, 0.29) is 22.9 Å². The van der Waals surface area contributed by atoms with E-state index in [0.717, 1.165) is 32.1 Å². The second-order valence-corrected chi connectivity index (χ2v) is 9.84. The number of amides is 1. The number of nitrogens with one attached hydrogen (secondary N) is 1. The van der Waals surface area contributed by atoms with Gasteiger partial charge in [-0.25, -0.2) is 13.2 Å². The number of fused-ring (bicyclic) bond motifs is 1. The maximum atomic E-state index is 12.7. The normalized spacial score (nSPS) is 17.9. The standard InChI is InChI=1S/C21H27N3O5S/c25-20(22-11-10-16-6-2-1-3-7-16)15-24-18-9-8-17(14-19(18)29-21(24)26)30(27,28)23-12-4-5-13-23/h6,8-9,14H,1-5,7,10-13,15H2,(H,22,25). The van der Waals surface area contributed by atoms with Gasteiger partial charge >= 0.3 is 5.76 Å². The molecule has 9 heteroatoms. The van der Waals surface area contributed by atoms with E-state index in [1.165, 1.54) is 45.5 Å². The van der Waals surface area contributed by atoms with Crippen molar-refractivity contribution in [1.82, 2.24) is 14.2 Å². The van der Waals surface area contributed by atoms with Crippen LogP contribution in [0.5, 0.6) is 0 Å². The van der Waals surface area contributed by atoms with Gasteiger partial charge < -0.3 is 9.73 Å². The molecule has 1 fully saturated rings. The van der Waals surface area contributed by atoms with Gasteiger partial charge in [-0.3, -0.25) is 9.36 Å². The SMILES string of the molecule is O=C(Cn1c(=O)oc2cc(S(=O)(=O)N3CCCC3)ccc21)NCCC1=CCCCC1. The average Bonchev–Trinajstić information content (AvgIpc) is 3.38. The van der Waals surface area contributed by atoms with Crippen molar-refractivity contribution in [3.63, 3.8) is 0 Å². The van der Waals surface area contributed by atoms with Gasteiger partial charge in [-0.2, -0.15) is 4.31 Å². The maximum Gasteiger partial charge on any atom is 0.420 e. The Morgan fingerprint density at radius 1 is 1.13 bits per heavy atom. The zero-order valence-electron chi connectivity index (χ0n) is 16.9. The van der Waals surface area contributed by atoms with Gasteiger partial charge in [-0.1, -0.05) is 11.6 Å². The van der Waals surface area contributed by atoms with Crippen LogP contribution in [-0.4, -0.2) is 42.8 Å². The van der Waals surface area contributed by atoms with Crippen LogP contribution < -0.4 is 11.1 Å². The summed E-state index contributed by atoms with van der Waals surface area (Å²) in [7, 11) is -3.60. The number of oxazole rings is 1. The highest BCUT2D eigenvalue weighted by atomic mass is 32.2. The van der Waals surface area contributed by atoms with Crippen LogP contribution in [0.3, 0.4) is 0 Å². The zero-order valence-corrected chi connectivity index (χ0v) is 17.7. The third-order valence-corrected chi connectivity index (χ3v) is 7.69. The van der Waals surface area contributed by atoms with Crippen molar-refractivity contribution in [1.29, 1.82) is 0 Å². The van der Waals surface area contributed by atoms with Crippen molar-refractivity contribution in [2.24, 2.45) is 0 Å². The van der Waals surface area contributed by atoms with Gasteiger partial charge in [-0.05, 0) is 57.1 Å². The molecule has 1 aromatic carbocycles. The number of rotatable bonds is 7. The van der Waals surface area contributed by atoms with Crippen molar-refractivity contribution in [2.75, 3.05) is 19.6 Å². The van der Waals surface area contributed by atoms with Gasteiger partial charge in [0.1, 0.15) is 6.54 Å². The molecule has 2 heterocycles. The number of aromatic nitrogens is 1. The molecule has 4 rings (SSSR count). The molecule has 0 atom stereocenters. The van der Waals surface area contributed by atoms with E-state index in [0.29, 0.717) is 25.2 Å². The third kappa shape index (κ3) is 4.37. The average molecular weight is 434 g/mol. The third-order valence-electron chi connectivity index (χ3n) is 5.80. The molecule has 162 valence electrons. The van der Waals surface area contributed by atoms with Crippen LogP contribution in [0, 0.1) is 0 Å². The fraction of sp³-hybridized carbons (Fsp3) is 0.524. The first kappa shape index (κ1) is 20.9. The minimum Gasteiger partial charge on any atom is -0.408 e. The first-order valence-corrected chi connectivity index (χ1v) is 12.0. The topological polar surface area (TPSA) is 102 Å². The van der Waals surface area contributed by atoms with Gasteiger partial charge in [0.05, 0.1) is 10.4 Å². The molecular weight excluding hydrogens is 406 g/mol. The van der Waals surface area contributed by atoms with Crippen molar-refractivity contribution >= 4 is 27.0 Å². The maximum absolute atomic E-state index is 12.7. The molecule has 0 bridgehead atoms. The summed E-state index contributed by atoms with van der Waals surface area (Å²) in [6, 6.07) is 4.37. The Hall–Kier alpha value is -2.39. The highest BCUT2D eigenvalue weighted by molar-refractivity contribution is 7.89. The van der Waals surface area contributed by atoms with Gasteiger partial charge in [0, 0.05) is 25.7 Å². The predicted octanol–water partition coefficient (Wildman–Crippen LogP) is 2.39. The lowest BCUT2D eigenvalue weighted by molar-refractivity contribution is -0.121. The van der Waals surface area contributed by atoms with Gasteiger partial charge in [0.25, 0.3) is 0 Å². The zero-order chi connectivity index (χ0) is 21.1. The Morgan fingerprint density at radius 2 is 1.93 bits per heavy atom. The summed E-state index contributed by atoms with van der Waals surface area (Å²) in [5.74, 6) is -0.948. The number of hydrogen-bond acceptors (Lipinski definition) is 5. The van der Waals surface area contributed by atoms with Gasteiger partial charge in [-0.15, -0.1) is 0 Å². The summed E-state index contributed by atoms with van der Waals surface area (Å²) >= 11 is 0. The monoisotopic (exact) mass is 433 g/mol. The fourth-order valence-electron chi connectivity index (χ4n) is 4.13. The van der Waals surface area contributed by atoms with E-state index >= 15 is 0 Å². The van der Waals surface area contributed by atoms with Crippen LogP contribution in [0.1, 0.15) is 44.9 Å². The van der Waals surface area contributed by atoms with E-state index in [9.17, 15) is 18.0 Å². The first-order valence-electron chi connectivity index (χ1n) is 10.5. The molecule has 0 spiro atoms. The van der Waals surface area contributed by atoms with Crippen LogP contribution >= 0.6 is 0 Å². The Bertz CT molecular complexity index is 1120. The van der Waals surface area contributed by atoms with E-state index in [1.54, 1.807) is 0 Å². The van der Waals surface area contributed by atoms with Gasteiger partial charge in [0.2, 0.25) is 15.9 Å². The lowest BCUT2D eigenvalue weighted by Crippen LogP contribution is -2.31. The Morgan fingerprint density at radius 3 is 2.67 bits per heavy atom. The molecular formula is C21H27N3O5S. The van der Waals surface area contributed by atoms with Crippen molar-refractivity contribution in [3.8, 4) is 0 Å². The second kappa shape index (κ2) is 8.77. The van der Waals surface area contributed by atoms with E-state index in [4.69, 9.17) is 4.42 Å². The number of hydrogen-bond donors (Lipinski definition) is 1. The number of carbonyl (C=O) groups excluding carboxylic acids is 1. The molecule has 1 saturated heterocycles. The highest BCUT2D eigenvalue weighted by Crippen LogP contribution is 2.24. The molecule has 1 N–H and O–H groups in total. The number of carbonyl (C=O) groups is 1. The molecule has 8 nitrogen and oxygen atoms in total. The largest absolute Gasteiger partial charge is 0.420 e. The number of nitrogens with zero attached hydrogens (tertiary/aromatic N) is 2. The smallest absolute Gasteiger partial charge is 0.408 e. The summed E-state index contributed by atoms with van der Waals surface area (Å²) in [5.41, 5.74) is 1.95. The number of allylic oxidation sites excluding steroid dienone is 1. The first-order chi connectivity index (χ1) is 14.4. The minimum absolute atomic E-state index is 0.100. The molecule has 2 aliphatic rings. The van der Waals surface area contributed by atoms with Crippen LogP contribution in [0.2, 0.25) is 0 Å². The van der Waals surface area contributed by atoms with Crippen LogP contribution in [0.15, 0.2) is 44.0 Å². The molecule has 0 saturated carbocycles. The predicted molar refractivity (Wildman–Crippen MR) is 113 cm³/mol. The molecule has 0 radical (unpaired) electrons. The molecule has 1 amide bonds. The minimum atomic E-state index is -3.60. The number of sulfonamides is 1. The van der Waals surface area contributed by atoms with E-state index < -0.39 is 15.8 Å². The molecule has 30 heavy (non-hydrogen) atoms. The molecule has 0 unspecified atom stereocenters. The van der Waals surface area contributed by atoms with E-state index in [1.807, 2.05) is 0 Å². The Kier molecular flexibility index (Phi) is 6.10. The second-order valence-electron chi connectivity index (χ2n) is 7.90. The summed E-state index contributed by atoms with van der Waals surface area (Å²) < 4.78 is 33.4. The van der Waals surface area contributed by atoms with Crippen LogP contribution in [0.4, 0.5) is 0 Å². The number of benzene rings is 1. The Balaban J connectivity index is 1.45. The van der Waals surface area contributed by atoms with Crippen molar-refractivity contribution in [3.05, 3.63) is 40.4 Å². The highest BCUT2D eigenvalue weighted by Gasteiger charge is 2.28. The lowest BCUT2D eigenvalue weighted by atomic mass is 9.97. The van der Waals surface area contributed by atoms with Crippen molar-refractivity contribution in [2.45, 2.75) is 56.4 Å². The molecule has 1 aliphatic carbocycles. The lowest BCUT2D eigenvalue weighted by Gasteiger charge is -2.15. The van der Waals surface area contributed by atoms with Crippen LogP contribution in [-0.2, 0) is 21.4 Å². The molecule has 1 aliphatic heterocycles. The van der Waals surface area contributed by atoms with Gasteiger partial charge in [0.15, 0.2) is 5.58 Å². The van der Waals surface area contributed by atoms with Crippen LogP contribution in [0.25, 0.3) is 11.1 Å². The summed E-state index contributed by atoms with van der Waals surface area (Å²) in [6.07, 6.45) is 9.39. The summed E-state index contributed by atoms with van der Waals surface area (Å²) in [4.78, 5) is 24.7. The summed E-state index contributed by atoms with van der Waals surface area (Å²) in [5, 5.41) is 2.85. The fourth-order valence-corrected chi connectivity index (χ4v) is 5.66. The molecule has 2 aromatic rings. The summed E-state index contributed by atoms with van der Waals surface area (Å²) in [6.45, 7) is 1.38. The molecule has 1 aromatic heterocycles.